The van der Waals surface area contributed by atoms with Crippen molar-refractivity contribution in [1.29, 1.82) is 0 Å². The van der Waals surface area contributed by atoms with Gasteiger partial charge in [-0.25, -0.2) is 4.79 Å². The highest BCUT2D eigenvalue weighted by atomic mass is 16.5. The van der Waals surface area contributed by atoms with Crippen molar-refractivity contribution in [2.24, 2.45) is 0 Å². The van der Waals surface area contributed by atoms with Gasteiger partial charge in [-0.2, -0.15) is 0 Å². The van der Waals surface area contributed by atoms with Crippen LogP contribution in [0.4, 0.5) is 0 Å². The molecule has 1 aromatic heterocycles. The summed E-state index contributed by atoms with van der Waals surface area (Å²) in [5.74, 6) is -1.02. The summed E-state index contributed by atoms with van der Waals surface area (Å²) in [5.41, 5.74) is 4.25. The number of aromatic nitrogens is 1. The molecule has 0 unspecified atom stereocenters. The summed E-state index contributed by atoms with van der Waals surface area (Å²) in [6.45, 7) is 1.14. The molecule has 4 rings (SSSR count). The maximum atomic E-state index is 11.8. The first kappa shape index (κ1) is 25.8. The van der Waals surface area contributed by atoms with Gasteiger partial charge in [0.15, 0.2) is 0 Å². The van der Waals surface area contributed by atoms with Gasteiger partial charge in [0.2, 0.25) is 0 Å². The predicted molar refractivity (Wildman–Crippen MR) is 146 cm³/mol. The number of carbonyl (C=O) groups is 2. The molecule has 0 aliphatic rings. The summed E-state index contributed by atoms with van der Waals surface area (Å²) >= 11 is 0. The fraction of sp³-hybridized carbons (Fsp3) is 0.226. The molecule has 0 spiro atoms. The second kappa shape index (κ2) is 12.6. The number of aliphatic carboxylic acids is 1. The summed E-state index contributed by atoms with van der Waals surface area (Å²) in [6.07, 6.45) is 9.14. The monoisotopic (exact) mass is 497 g/mol. The number of hydrogen-bond donors (Lipinski definition) is 2. The zero-order valence-electron chi connectivity index (χ0n) is 20.7. The van der Waals surface area contributed by atoms with Crippen molar-refractivity contribution in [1.82, 2.24) is 4.57 Å². The van der Waals surface area contributed by atoms with E-state index in [1.54, 1.807) is 6.20 Å². The average Bonchev–Trinajstić information content (AvgIpc) is 3.26. The molecular formula is C31H31NO5. The van der Waals surface area contributed by atoms with Gasteiger partial charge in [0.05, 0.1) is 12.2 Å². The Bertz CT molecular complexity index is 1370. The van der Waals surface area contributed by atoms with Crippen molar-refractivity contribution in [2.45, 2.75) is 38.6 Å². The normalized spacial score (nSPS) is 11.2. The van der Waals surface area contributed by atoms with Crippen LogP contribution in [-0.4, -0.2) is 33.3 Å². The van der Waals surface area contributed by atoms with Gasteiger partial charge < -0.3 is 19.5 Å². The smallest absolute Gasteiger partial charge is 0.337 e. The third-order valence-corrected chi connectivity index (χ3v) is 6.24. The van der Waals surface area contributed by atoms with Crippen molar-refractivity contribution < 1.29 is 24.5 Å². The van der Waals surface area contributed by atoms with E-state index in [4.69, 9.17) is 9.84 Å². The Hall–Kier alpha value is -4.32. The molecular weight excluding hydrogens is 466 g/mol. The van der Waals surface area contributed by atoms with Crippen LogP contribution < -0.4 is 4.74 Å². The summed E-state index contributed by atoms with van der Waals surface area (Å²) in [4.78, 5) is 22.6. The molecule has 0 amide bonds. The molecule has 6 nitrogen and oxygen atoms in total. The summed E-state index contributed by atoms with van der Waals surface area (Å²) in [5, 5.41) is 19.2. The van der Waals surface area contributed by atoms with Gasteiger partial charge >= 0.3 is 11.9 Å². The van der Waals surface area contributed by atoms with Crippen molar-refractivity contribution in [2.75, 3.05) is 6.61 Å². The second-order valence-electron chi connectivity index (χ2n) is 9.01. The molecule has 2 N–H and O–H groups in total. The second-order valence-corrected chi connectivity index (χ2v) is 9.01. The van der Waals surface area contributed by atoms with Gasteiger partial charge in [-0.3, -0.25) is 4.79 Å². The number of ether oxygens (including phenoxy) is 1. The van der Waals surface area contributed by atoms with Crippen LogP contribution in [0.1, 0.15) is 52.7 Å². The van der Waals surface area contributed by atoms with Crippen LogP contribution in [-0.2, 0) is 17.8 Å². The number of aryl methyl sites for hydroxylation is 2. The van der Waals surface area contributed by atoms with E-state index in [1.807, 2.05) is 65.3 Å². The Morgan fingerprint density at radius 3 is 2.30 bits per heavy atom. The molecule has 4 aromatic rings. The molecule has 190 valence electrons. The lowest BCUT2D eigenvalue weighted by molar-refractivity contribution is -0.137. The first-order valence-corrected chi connectivity index (χ1v) is 12.5. The van der Waals surface area contributed by atoms with E-state index in [9.17, 15) is 14.7 Å². The maximum absolute atomic E-state index is 11.8. The number of nitrogens with zero attached hydrogens (tertiary/aromatic N) is 1. The van der Waals surface area contributed by atoms with Crippen LogP contribution in [0.15, 0.2) is 79.0 Å². The number of carboxylic acid groups (broad SMARTS) is 2. The van der Waals surface area contributed by atoms with E-state index in [-0.39, 0.29) is 12.0 Å². The number of aromatic carboxylic acids is 1. The quantitative estimate of drug-likeness (QED) is 0.157. The van der Waals surface area contributed by atoms with E-state index >= 15 is 0 Å². The summed E-state index contributed by atoms with van der Waals surface area (Å²) in [6, 6.07) is 24.1. The van der Waals surface area contributed by atoms with E-state index in [0.29, 0.717) is 25.0 Å². The SMILES string of the molecule is O=C(O)CCCn1cc(C(=O)O)c2cc(C=Cc3ccc(OCCCCc4ccccc4)cc3)ccc21. The third-order valence-electron chi connectivity index (χ3n) is 6.24. The van der Waals surface area contributed by atoms with Crippen LogP contribution in [0.5, 0.6) is 5.75 Å². The van der Waals surface area contributed by atoms with Gasteiger partial charge in [0.1, 0.15) is 5.75 Å². The Morgan fingerprint density at radius 1 is 0.838 bits per heavy atom. The van der Waals surface area contributed by atoms with E-state index in [0.717, 1.165) is 41.7 Å². The first-order chi connectivity index (χ1) is 18.0. The van der Waals surface area contributed by atoms with Gasteiger partial charge in [0.25, 0.3) is 0 Å². The standard InChI is InChI=1S/C31H31NO5/c33-30(34)10-6-19-32-22-28(31(35)36)27-21-25(15-18-29(27)32)12-11-24-13-16-26(17-14-24)37-20-5-4-9-23-7-2-1-3-8-23/h1-3,7-8,11-18,21-22H,4-6,9-10,19-20H2,(H,33,34)(H,35,36). The molecule has 0 bridgehead atoms. The van der Waals surface area contributed by atoms with Crippen LogP contribution in [0, 0.1) is 0 Å². The summed E-state index contributed by atoms with van der Waals surface area (Å²) < 4.78 is 7.69. The minimum absolute atomic E-state index is 0.0426. The molecule has 0 radical (unpaired) electrons. The average molecular weight is 498 g/mol. The van der Waals surface area contributed by atoms with Crippen LogP contribution in [0.25, 0.3) is 23.1 Å². The fourth-order valence-electron chi connectivity index (χ4n) is 4.31. The van der Waals surface area contributed by atoms with Crippen LogP contribution >= 0.6 is 0 Å². The van der Waals surface area contributed by atoms with Gasteiger partial charge in [-0.15, -0.1) is 0 Å². The maximum Gasteiger partial charge on any atom is 0.337 e. The Morgan fingerprint density at radius 2 is 1.57 bits per heavy atom. The number of unbranched alkanes of at least 4 members (excludes halogenated alkanes) is 1. The third kappa shape index (κ3) is 7.34. The van der Waals surface area contributed by atoms with Crippen LogP contribution in [0.3, 0.4) is 0 Å². The van der Waals surface area contributed by atoms with Crippen molar-refractivity contribution in [3.63, 3.8) is 0 Å². The molecule has 1 heterocycles. The van der Waals surface area contributed by atoms with Gasteiger partial charge in [-0.05, 0) is 66.6 Å². The molecule has 0 fully saturated rings. The zero-order valence-corrected chi connectivity index (χ0v) is 20.7. The van der Waals surface area contributed by atoms with Gasteiger partial charge in [0, 0.05) is 30.1 Å². The molecule has 6 heteroatoms. The lowest BCUT2D eigenvalue weighted by atomic mass is 10.1. The summed E-state index contributed by atoms with van der Waals surface area (Å²) in [7, 11) is 0. The molecule has 0 aliphatic carbocycles. The number of hydrogen-bond acceptors (Lipinski definition) is 3. The predicted octanol–water partition coefficient (Wildman–Crippen LogP) is 6.78. The Kier molecular flexibility index (Phi) is 8.76. The number of carboxylic acids is 2. The Balaban J connectivity index is 1.34. The number of fused-ring (bicyclic) bond motifs is 1. The highest BCUT2D eigenvalue weighted by molar-refractivity contribution is 6.04. The molecule has 0 atom stereocenters. The van der Waals surface area contributed by atoms with Gasteiger partial charge in [-0.1, -0.05) is 60.7 Å². The lowest BCUT2D eigenvalue weighted by Crippen LogP contribution is -2.01. The minimum atomic E-state index is -1.00. The van der Waals surface area contributed by atoms with Crippen molar-refractivity contribution >= 4 is 35.0 Å². The highest BCUT2D eigenvalue weighted by Crippen LogP contribution is 2.25. The van der Waals surface area contributed by atoms with E-state index in [2.05, 4.69) is 24.3 Å². The topological polar surface area (TPSA) is 88.8 Å². The molecule has 0 saturated heterocycles. The molecule has 3 aromatic carbocycles. The van der Waals surface area contributed by atoms with Crippen LogP contribution in [0.2, 0.25) is 0 Å². The molecule has 0 saturated carbocycles. The minimum Gasteiger partial charge on any atom is -0.494 e. The largest absolute Gasteiger partial charge is 0.494 e. The number of benzene rings is 3. The lowest BCUT2D eigenvalue weighted by Gasteiger charge is -2.07. The van der Waals surface area contributed by atoms with E-state index < -0.39 is 11.9 Å². The highest BCUT2D eigenvalue weighted by Gasteiger charge is 2.14. The van der Waals surface area contributed by atoms with Crippen molar-refractivity contribution in [3.8, 4) is 5.75 Å². The zero-order chi connectivity index (χ0) is 26.0. The van der Waals surface area contributed by atoms with Crippen molar-refractivity contribution in [3.05, 3.63) is 101 Å². The molecule has 0 aliphatic heterocycles. The first-order valence-electron chi connectivity index (χ1n) is 12.5. The molecule has 37 heavy (non-hydrogen) atoms. The fourth-order valence-corrected chi connectivity index (χ4v) is 4.31. The number of rotatable bonds is 13. The Labute approximate surface area is 216 Å². The van der Waals surface area contributed by atoms with E-state index in [1.165, 1.54) is 5.56 Å².